The minimum Gasteiger partial charge on any atom is -0.393 e. The summed E-state index contributed by atoms with van der Waals surface area (Å²) in [6.07, 6.45) is 1.47. The van der Waals surface area contributed by atoms with Crippen LogP contribution in [0.5, 0.6) is 0 Å². The third-order valence-electron chi connectivity index (χ3n) is 4.81. The Morgan fingerprint density at radius 3 is 2.29 bits per heavy atom. The zero-order valence-electron chi connectivity index (χ0n) is 14.8. The van der Waals surface area contributed by atoms with Crippen molar-refractivity contribution in [2.45, 2.75) is 46.1 Å². The minimum atomic E-state index is -0.292. The first kappa shape index (κ1) is 18.5. The van der Waals surface area contributed by atoms with Gasteiger partial charge in [-0.2, -0.15) is 0 Å². The number of anilines is 1. The molecule has 0 aliphatic carbocycles. The zero-order valence-corrected chi connectivity index (χ0v) is 14.8. The van der Waals surface area contributed by atoms with Crippen LogP contribution >= 0.6 is 0 Å². The summed E-state index contributed by atoms with van der Waals surface area (Å²) in [5.41, 5.74) is 1.32. The van der Waals surface area contributed by atoms with Crippen LogP contribution in [0.1, 0.15) is 50.4 Å². The molecule has 1 atom stereocenters. The van der Waals surface area contributed by atoms with Crippen molar-refractivity contribution in [3.8, 4) is 0 Å². The summed E-state index contributed by atoms with van der Waals surface area (Å²) in [6.45, 7) is 7.47. The lowest BCUT2D eigenvalue weighted by molar-refractivity contribution is -0.117. The van der Waals surface area contributed by atoms with Gasteiger partial charge in [-0.1, -0.05) is 20.8 Å². The molecule has 5 heteroatoms. The summed E-state index contributed by atoms with van der Waals surface area (Å²) in [4.78, 5) is 26.2. The van der Waals surface area contributed by atoms with Crippen LogP contribution in [-0.2, 0) is 4.79 Å². The van der Waals surface area contributed by atoms with Crippen LogP contribution in [-0.4, -0.2) is 41.0 Å². The highest BCUT2D eigenvalue weighted by Gasteiger charge is 2.22. The van der Waals surface area contributed by atoms with Gasteiger partial charge in [0, 0.05) is 30.8 Å². The van der Waals surface area contributed by atoms with E-state index in [1.165, 1.54) is 0 Å². The van der Waals surface area contributed by atoms with E-state index in [0.717, 1.165) is 0 Å². The third kappa shape index (κ3) is 5.06. The van der Waals surface area contributed by atoms with Crippen LogP contribution in [0.4, 0.5) is 5.69 Å². The van der Waals surface area contributed by atoms with Crippen molar-refractivity contribution < 1.29 is 14.7 Å². The molecule has 1 aromatic carbocycles. The fourth-order valence-corrected chi connectivity index (χ4v) is 2.69. The number of hydrogen-bond donors (Lipinski definition) is 2. The first-order chi connectivity index (χ1) is 11.4. The number of aliphatic hydroxyl groups excluding tert-OH is 1. The summed E-state index contributed by atoms with van der Waals surface area (Å²) in [5, 5.41) is 12.4. The molecular weight excluding hydrogens is 304 g/mol. The fraction of sp³-hybridized carbons (Fsp3) is 0.579. The van der Waals surface area contributed by atoms with E-state index in [1.54, 1.807) is 29.2 Å². The van der Waals surface area contributed by atoms with Gasteiger partial charge in [0.15, 0.2) is 0 Å². The zero-order chi connectivity index (χ0) is 17.7. The quantitative estimate of drug-likeness (QED) is 0.871. The topological polar surface area (TPSA) is 69.6 Å². The smallest absolute Gasteiger partial charge is 0.253 e. The molecule has 0 bridgehead atoms. The Morgan fingerprint density at radius 2 is 1.75 bits per heavy atom. The summed E-state index contributed by atoms with van der Waals surface area (Å²) in [6, 6.07) is 7.03. The second-order valence-electron chi connectivity index (χ2n) is 7.07. The number of benzene rings is 1. The van der Waals surface area contributed by atoms with Gasteiger partial charge in [-0.05, 0) is 48.9 Å². The molecule has 0 radical (unpaired) electrons. The number of likely N-dealkylation sites (tertiary alicyclic amines) is 1. The Balaban J connectivity index is 1.90. The Bertz CT molecular complexity index is 560. The normalized spacial score (nSPS) is 17.0. The molecule has 1 aliphatic rings. The van der Waals surface area contributed by atoms with Crippen LogP contribution in [0, 0.1) is 11.8 Å². The summed E-state index contributed by atoms with van der Waals surface area (Å²) in [5.74, 6) is 0.785. The molecule has 1 aliphatic heterocycles. The Morgan fingerprint density at radius 1 is 1.17 bits per heavy atom. The lowest BCUT2D eigenvalue weighted by Gasteiger charge is -2.29. The molecule has 0 aromatic heterocycles. The van der Waals surface area contributed by atoms with E-state index >= 15 is 0 Å². The van der Waals surface area contributed by atoms with Gasteiger partial charge in [0.25, 0.3) is 5.91 Å². The first-order valence-corrected chi connectivity index (χ1v) is 8.74. The number of carbonyl (C=O) groups is 2. The monoisotopic (exact) mass is 332 g/mol. The lowest BCUT2D eigenvalue weighted by Crippen LogP contribution is -2.40. The molecule has 2 amide bonds. The molecule has 1 aromatic rings. The lowest BCUT2D eigenvalue weighted by atomic mass is 9.94. The number of aliphatic hydroxyl groups is 1. The van der Waals surface area contributed by atoms with E-state index in [0.29, 0.717) is 55.4 Å². The molecule has 0 spiro atoms. The van der Waals surface area contributed by atoms with Crippen molar-refractivity contribution in [2.75, 3.05) is 18.4 Å². The molecule has 5 nitrogen and oxygen atoms in total. The van der Waals surface area contributed by atoms with Crippen molar-refractivity contribution in [3.05, 3.63) is 29.8 Å². The van der Waals surface area contributed by atoms with E-state index < -0.39 is 0 Å². The van der Waals surface area contributed by atoms with Gasteiger partial charge in [-0.25, -0.2) is 0 Å². The van der Waals surface area contributed by atoms with Crippen molar-refractivity contribution >= 4 is 17.5 Å². The molecule has 2 N–H and O–H groups in total. The molecule has 1 fully saturated rings. The van der Waals surface area contributed by atoms with E-state index in [1.807, 2.05) is 0 Å². The maximum Gasteiger partial charge on any atom is 0.253 e. The van der Waals surface area contributed by atoms with Crippen molar-refractivity contribution in [1.82, 2.24) is 4.90 Å². The van der Waals surface area contributed by atoms with Gasteiger partial charge >= 0.3 is 0 Å². The molecule has 1 unspecified atom stereocenters. The van der Waals surface area contributed by atoms with Gasteiger partial charge in [0.05, 0.1) is 6.10 Å². The second-order valence-corrected chi connectivity index (χ2v) is 7.07. The number of nitrogens with zero attached hydrogens (tertiary/aromatic N) is 1. The average molecular weight is 332 g/mol. The SMILES string of the molecule is CC(C)C(C)CC(=O)Nc1ccc(C(=O)N2CCC(O)CC2)cc1. The fourth-order valence-electron chi connectivity index (χ4n) is 2.69. The van der Waals surface area contributed by atoms with Crippen LogP contribution in [0.3, 0.4) is 0 Å². The predicted octanol–water partition coefficient (Wildman–Crippen LogP) is 2.90. The maximum absolute atomic E-state index is 12.4. The Kier molecular flexibility index (Phi) is 6.37. The van der Waals surface area contributed by atoms with Gasteiger partial charge in [-0.15, -0.1) is 0 Å². The van der Waals surface area contributed by atoms with Crippen molar-refractivity contribution in [2.24, 2.45) is 11.8 Å². The van der Waals surface area contributed by atoms with E-state index in [4.69, 9.17) is 0 Å². The predicted molar refractivity (Wildman–Crippen MR) is 94.8 cm³/mol. The maximum atomic E-state index is 12.4. The molecule has 0 saturated carbocycles. The van der Waals surface area contributed by atoms with Crippen LogP contribution in [0.2, 0.25) is 0 Å². The summed E-state index contributed by atoms with van der Waals surface area (Å²) < 4.78 is 0. The molecule has 1 saturated heterocycles. The molecular formula is C19H28N2O3. The van der Waals surface area contributed by atoms with E-state index in [-0.39, 0.29) is 17.9 Å². The highest BCUT2D eigenvalue weighted by molar-refractivity contribution is 5.95. The van der Waals surface area contributed by atoms with E-state index in [2.05, 4.69) is 26.1 Å². The van der Waals surface area contributed by atoms with Gasteiger partial charge in [0.1, 0.15) is 0 Å². The standard InChI is InChI=1S/C19H28N2O3/c1-13(2)14(3)12-18(23)20-16-6-4-15(5-7-16)19(24)21-10-8-17(22)9-11-21/h4-7,13-14,17,22H,8-12H2,1-3H3,(H,20,23). The van der Waals surface area contributed by atoms with Crippen molar-refractivity contribution in [3.63, 3.8) is 0 Å². The largest absolute Gasteiger partial charge is 0.393 e. The Hall–Kier alpha value is -1.88. The average Bonchev–Trinajstić information content (AvgIpc) is 2.55. The number of piperidine rings is 1. The Labute approximate surface area is 144 Å². The van der Waals surface area contributed by atoms with Crippen LogP contribution < -0.4 is 5.32 Å². The molecule has 1 heterocycles. The summed E-state index contributed by atoms with van der Waals surface area (Å²) >= 11 is 0. The molecule has 132 valence electrons. The minimum absolute atomic E-state index is 0.000273. The molecule has 24 heavy (non-hydrogen) atoms. The van der Waals surface area contributed by atoms with E-state index in [9.17, 15) is 14.7 Å². The number of nitrogens with one attached hydrogen (secondary N) is 1. The highest BCUT2D eigenvalue weighted by atomic mass is 16.3. The highest BCUT2D eigenvalue weighted by Crippen LogP contribution is 2.18. The second kappa shape index (κ2) is 8.29. The third-order valence-corrected chi connectivity index (χ3v) is 4.81. The number of hydrogen-bond acceptors (Lipinski definition) is 3. The van der Waals surface area contributed by atoms with Gasteiger partial charge < -0.3 is 15.3 Å². The first-order valence-electron chi connectivity index (χ1n) is 8.74. The summed E-state index contributed by atoms with van der Waals surface area (Å²) in [7, 11) is 0. The van der Waals surface area contributed by atoms with Crippen molar-refractivity contribution in [1.29, 1.82) is 0 Å². The molecule has 2 rings (SSSR count). The number of amides is 2. The van der Waals surface area contributed by atoms with Gasteiger partial charge in [-0.3, -0.25) is 9.59 Å². The van der Waals surface area contributed by atoms with Gasteiger partial charge in [0.2, 0.25) is 5.91 Å². The van der Waals surface area contributed by atoms with Crippen LogP contribution in [0.15, 0.2) is 24.3 Å². The number of carbonyl (C=O) groups excluding carboxylic acids is 2. The van der Waals surface area contributed by atoms with Crippen LogP contribution in [0.25, 0.3) is 0 Å². The number of rotatable bonds is 5.